The number of halogens is 2. The standard InChI is InChI=1S/C17H20Cl2N6S/c1-17(9-20)5-7-24(8-6-17)16-23-25-14(21)13(22-15(25)26-16)10-3-2-4-11(18)12(10)19/h2-4H,5-9,20-21H2,1H3. The number of fused-ring (bicyclic) bond motifs is 1. The van der Waals surface area contributed by atoms with Crippen molar-refractivity contribution in [2.45, 2.75) is 19.8 Å². The van der Waals surface area contributed by atoms with Gasteiger partial charge in [0.1, 0.15) is 5.69 Å². The molecular weight excluding hydrogens is 391 g/mol. The fraction of sp³-hybridized carbons (Fsp3) is 0.412. The molecule has 3 heterocycles. The molecule has 1 saturated heterocycles. The van der Waals surface area contributed by atoms with Crippen LogP contribution in [0.5, 0.6) is 0 Å². The van der Waals surface area contributed by atoms with Gasteiger partial charge in [-0.25, -0.2) is 4.98 Å². The number of hydrogen-bond donors (Lipinski definition) is 2. The number of nitrogen functional groups attached to an aromatic ring is 1. The number of hydrogen-bond acceptors (Lipinski definition) is 6. The van der Waals surface area contributed by atoms with Gasteiger partial charge in [0.25, 0.3) is 0 Å². The van der Waals surface area contributed by atoms with E-state index >= 15 is 0 Å². The van der Waals surface area contributed by atoms with Crippen molar-refractivity contribution in [1.29, 1.82) is 0 Å². The first kappa shape index (κ1) is 17.9. The van der Waals surface area contributed by atoms with E-state index in [-0.39, 0.29) is 5.41 Å². The molecule has 0 radical (unpaired) electrons. The molecule has 6 nitrogen and oxygen atoms in total. The number of aromatic nitrogens is 3. The minimum Gasteiger partial charge on any atom is -0.382 e. The summed E-state index contributed by atoms with van der Waals surface area (Å²) in [5, 5.41) is 6.53. The summed E-state index contributed by atoms with van der Waals surface area (Å²) >= 11 is 14.0. The Morgan fingerprint density at radius 2 is 2.00 bits per heavy atom. The van der Waals surface area contributed by atoms with Gasteiger partial charge in [0.05, 0.1) is 10.0 Å². The molecule has 1 aliphatic heterocycles. The lowest BCUT2D eigenvalue weighted by Crippen LogP contribution is -2.42. The van der Waals surface area contributed by atoms with E-state index in [1.165, 1.54) is 11.3 Å². The van der Waals surface area contributed by atoms with Crippen LogP contribution in [0.15, 0.2) is 18.2 Å². The fourth-order valence-electron chi connectivity index (χ4n) is 3.21. The summed E-state index contributed by atoms with van der Waals surface area (Å²) in [7, 11) is 0. The maximum atomic E-state index is 6.32. The molecule has 9 heteroatoms. The highest BCUT2D eigenvalue weighted by atomic mass is 35.5. The van der Waals surface area contributed by atoms with E-state index in [9.17, 15) is 0 Å². The van der Waals surface area contributed by atoms with Gasteiger partial charge in [-0.15, -0.1) is 5.10 Å². The van der Waals surface area contributed by atoms with Crippen LogP contribution in [0.3, 0.4) is 0 Å². The van der Waals surface area contributed by atoms with Gasteiger partial charge in [-0.05, 0) is 30.9 Å². The van der Waals surface area contributed by atoms with Crippen molar-refractivity contribution in [1.82, 2.24) is 14.6 Å². The summed E-state index contributed by atoms with van der Waals surface area (Å²) in [6, 6.07) is 5.43. The second kappa shape index (κ2) is 6.56. The Kier molecular flexibility index (Phi) is 4.51. The van der Waals surface area contributed by atoms with Gasteiger partial charge >= 0.3 is 0 Å². The van der Waals surface area contributed by atoms with Crippen molar-refractivity contribution < 1.29 is 0 Å². The SMILES string of the molecule is CC1(CN)CCN(c2nn3c(N)c(-c4cccc(Cl)c4Cl)nc3s2)CC1. The van der Waals surface area contributed by atoms with Crippen molar-refractivity contribution >= 4 is 50.4 Å². The van der Waals surface area contributed by atoms with Gasteiger partial charge in [-0.1, -0.05) is 53.6 Å². The van der Waals surface area contributed by atoms with Crippen LogP contribution in [-0.4, -0.2) is 34.2 Å². The molecule has 1 aliphatic rings. The van der Waals surface area contributed by atoms with Crippen molar-refractivity contribution in [3.05, 3.63) is 28.2 Å². The van der Waals surface area contributed by atoms with E-state index in [0.29, 0.717) is 27.1 Å². The summed E-state index contributed by atoms with van der Waals surface area (Å²) in [5.74, 6) is 0.468. The Balaban J connectivity index is 1.65. The van der Waals surface area contributed by atoms with Crippen molar-refractivity contribution in [2.24, 2.45) is 11.1 Å². The van der Waals surface area contributed by atoms with E-state index in [2.05, 4.69) is 21.9 Å². The Hall–Kier alpha value is -1.54. The monoisotopic (exact) mass is 410 g/mol. The highest BCUT2D eigenvalue weighted by Crippen LogP contribution is 2.39. The molecule has 0 spiro atoms. The van der Waals surface area contributed by atoms with Gasteiger partial charge in [-0.2, -0.15) is 4.52 Å². The molecule has 0 bridgehead atoms. The highest BCUT2D eigenvalue weighted by molar-refractivity contribution is 7.20. The highest BCUT2D eigenvalue weighted by Gasteiger charge is 2.30. The summed E-state index contributed by atoms with van der Waals surface area (Å²) in [5.41, 5.74) is 13.8. The zero-order valence-electron chi connectivity index (χ0n) is 14.4. The predicted molar refractivity (Wildman–Crippen MR) is 109 cm³/mol. The average Bonchev–Trinajstić information content (AvgIpc) is 3.18. The number of nitrogens with two attached hydrogens (primary N) is 2. The molecule has 0 unspecified atom stereocenters. The Morgan fingerprint density at radius 1 is 1.27 bits per heavy atom. The first-order chi connectivity index (χ1) is 12.4. The fourth-order valence-corrected chi connectivity index (χ4v) is 4.56. The maximum absolute atomic E-state index is 6.32. The van der Waals surface area contributed by atoms with Gasteiger partial charge in [-0.3, -0.25) is 0 Å². The van der Waals surface area contributed by atoms with Crippen molar-refractivity contribution in [3.8, 4) is 11.3 Å². The molecule has 1 aromatic carbocycles. The molecule has 1 fully saturated rings. The molecule has 3 aromatic rings. The second-order valence-corrected chi connectivity index (χ2v) is 8.75. The van der Waals surface area contributed by atoms with Crippen LogP contribution in [0.4, 0.5) is 10.9 Å². The van der Waals surface area contributed by atoms with Crippen LogP contribution in [-0.2, 0) is 0 Å². The van der Waals surface area contributed by atoms with Crippen LogP contribution in [0, 0.1) is 5.41 Å². The Labute approximate surface area is 165 Å². The molecular formula is C17H20Cl2N6S. The van der Waals surface area contributed by atoms with E-state index < -0.39 is 0 Å². The number of imidazole rings is 1. The second-order valence-electron chi connectivity index (χ2n) is 7.03. The molecule has 0 aliphatic carbocycles. The third kappa shape index (κ3) is 2.93. The lowest BCUT2D eigenvalue weighted by atomic mass is 9.81. The topological polar surface area (TPSA) is 85.5 Å². The first-order valence-electron chi connectivity index (χ1n) is 8.46. The van der Waals surface area contributed by atoms with Crippen molar-refractivity contribution in [2.75, 3.05) is 30.3 Å². The molecule has 26 heavy (non-hydrogen) atoms. The van der Waals surface area contributed by atoms with Crippen LogP contribution in [0.1, 0.15) is 19.8 Å². The Bertz CT molecular complexity index is 958. The first-order valence-corrected chi connectivity index (χ1v) is 10.0. The minimum atomic E-state index is 0.226. The van der Waals surface area contributed by atoms with Crippen LogP contribution >= 0.6 is 34.5 Å². The van der Waals surface area contributed by atoms with Crippen molar-refractivity contribution in [3.63, 3.8) is 0 Å². The summed E-state index contributed by atoms with van der Waals surface area (Å²) in [4.78, 5) is 7.67. The normalized spacial score (nSPS) is 17.2. The van der Waals surface area contributed by atoms with Gasteiger partial charge in [0, 0.05) is 18.7 Å². The van der Waals surface area contributed by atoms with E-state index in [1.54, 1.807) is 10.6 Å². The number of anilines is 2. The summed E-state index contributed by atoms with van der Waals surface area (Å²) < 4.78 is 1.68. The maximum Gasteiger partial charge on any atom is 0.216 e. The minimum absolute atomic E-state index is 0.226. The molecule has 0 amide bonds. The summed E-state index contributed by atoms with van der Waals surface area (Å²) in [6.07, 6.45) is 2.12. The summed E-state index contributed by atoms with van der Waals surface area (Å²) in [6.45, 7) is 4.85. The number of benzene rings is 1. The van der Waals surface area contributed by atoms with Crippen LogP contribution < -0.4 is 16.4 Å². The molecule has 0 saturated carbocycles. The van der Waals surface area contributed by atoms with Gasteiger partial charge in [0.2, 0.25) is 10.1 Å². The smallest absolute Gasteiger partial charge is 0.216 e. The zero-order valence-corrected chi connectivity index (χ0v) is 16.7. The molecule has 4 rings (SSSR count). The van der Waals surface area contributed by atoms with E-state index in [0.717, 1.165) is 42.6 Å². The third-order valence-corrected chi connectivity index (χ3v) is 6.96. The van der Waals surface area contributed by atoms with E-state index in [1.807, 2.05) is 12.1 Å². The molecule has 4 N–H and O–H groups in total. The molecule has 2 aromatic heterocycles. The van der Waals surface area contributed by atoms with E-state index in [4.69, 9.17) is 34.7 Å². The Morgan fingerprint density at radius 3 is 2.65 bits per heavy atom. The lowest BCUT2D eigenvalue weighted by Gasteiger charge is -2.38. The number of rotatable bonds is 3. The number of nitrogens with zero attached hydrogens (tertiary/aromatic N) is 4. The largest absolute Gasteiger partial charge is 0.382 e. The zero-order chi connectivity index (χ0) is 18.5. The molecule has 138 valence electrons. The number of piperidine rings is 1. The van der Waals surface area contributed by atoms with Gasteiger partial charge < -0.3 is 16.4 Å². The molecule has 0 atom stereocenters. The van der Waals surface area contributed by atoms with Gasteiger partial charge in [0.15, 0.2) is 5.82 Å². The average molecular weight is 411 g/mol. The van der Waals surface area contributed by atoms with Crippen LogP contribution in [0.2, 0.25) is 10.0 Å². The predicted octanol–water partition coefficient (Wildman–Crippen LogP) is 3.91. The van der Waals surface area contributed by atoms with Crippen LogP contribution in [0.25, 0.3) is 16.2 Å². The lowest BCUT2D eigenvalue weighted by molar-refractivity contribution is 0.258. The quantitative estimate of drug-likeness (QED) is 0.683. The third-order valence-electron chi connectivity index (χ3n) is 5.17.